The summed E-state index contributed by atoms with van der Waals surface area (Å²) in [4.78, 5) is 0. The molecule has 2 fully saturated rings. The molecule has 0 N–H and O–H groups in total. The van der Waals surface area contributed by atoms with E-state index in [0.717, 1.165) is 0 Å². The van der Waals surface area contributed by atoms with Gasteiger partial charge in [-0.05, 0) is 0 Å². The molecule has 0 radical (unpaired) electrons. The Bertz CT molecular complexity index is 158. The summed E-state index contributed by atoms with van der Waals surface area (Å²) < 4.78 is 10.8. The Balaban J connectivity index is 2.08. The Morgan fingerprint density at radius 3 is 1.70 bits per heavy atom. The minimum absolute atomic E-state index is 0.0907. The fraction of sp³-hybridized carbons (Fsp3) is 0.500. The molecule has 0 unspecified atom stereocenters. The fourth-order valence-corrected chi connectivity index (χ4v) is 1.38. The van der Waals surface area contributed by atoms with Crippen LogP contribution in [-0.2, 0) is 9.47 Å². The third-order valence-electron chi connectivity index (χ3n) is 1.99. The standard InChI is InChI=1S/C8H10O2/c1-3-5-7-8(10-7)6(4-2)9-5/h3-8H,1-2H2/t5-,6+,7-,8+. The molecule has 2 aliphatic rings. The van der Waals surface area contributed by atoms with Crippen LogP contribution in [0.15, 0.2) is 25.3 Å². The Kier molecular flexibility index (Phi) is 1.19. The van der Waals surface area contributed by atoms with E-state index in [4.69, 9.17) is 9.47 Å². The van der Waals surface area contributed by atoms with E-state index < -0.39 is 0 Å². The minimum Gasteiger partial charge on any atom is -0.363 e. The van der Waals surface area contributed by atoms with Crippen LogP contribution in [0.2, 0.25) is 0 Å². The van der Waals surface area contributed by atoms with Gasteiger partial charge in [0.15, 0.2) is 0 Å². The van der Waals surface area contributed by atoms with E-state index in [1.807, 2.05) is 0 Å². The van der Waals surface area contributed by atoms with E-state index in [1.54, 1.807) is 12.2 Å². The molecular weight excluding hydrogens is 128 g/mol. The molecule has 2 rings (SSSR count). The van der Waals surface area contributed by atoms with Crippen LogP contribution >= 0.6 is 0 Å². The molecule has 2 nitrogen and oxygen atoms in total. The van der Waals surface area contributed by atoms with E-state index >= 15 is 0 Å². The first-order valence-electron chi connectivity index (χ1n) is 3.43. The van der Waals surface area contributed by atoms with E-state index in [0.29, 0.717) is 0 Å². The van der Waals surface area contributed by atoms with Crippen LogP contribution in [0.25, 0.3) is 0 Å². The van der Waals surface area contributed by atoms with Crippen LogP contribution < -0.4 is 0 Å². The molecule has 2 heteroatoms. The number of hydrogen-bond acceptors (Lipinski definition) is 2. The average molecular weight is 138 g/mol. The molecule has 4 atom stereocenters. The second-order valence-corrected chi connectivity index (χ2v) is 2.60. The van der Waals surface area contributed by atoms with Crippen LogP contribution in [0.5, 0.6) is 0 Å². The largest absolute Gasteiger partial charge is 0.363 e. The number of rotatable bonds is 2. The van der Waals surface area contributed by atoms with Gasteiger partial charge in [0.25, 0.3) is 0 Å². The highest BCUT2D eigenvalue weighted by Gasteiger charge is 2.55. The highest BCUT2D eigenvalue weighted by atomic mass is 16.7. The van der Waals surface area contributed by atoms with Crippen molar-refractivity contribution in [3.05, 3.63) is 25.3 Å². The summed E-state index contributed by atoms with van der Waals surface area (Å²) in [5.74, 6) is 0. The zero-order valence-electron chi connectivity index (χ0n) is 5.69. The minimum atomic E-state index is 0.0907. The molecule has 0 spiro atoms. The van der Waals surface area contributed by atoms with Crippen LogP contribution in [-0.4, -0.2) is 24.4 Å². The molecule has 0 aromatic carbocycles. The molecule has 10 heavy (non-hydrogen) atoms. The second-order valence-electron chi connectivity index (χ2n) is 2.60. The van der Waals surface area contributed by atoms with Crippen molar-refractivity contribution in [2.75, 3.05) is 0 Å². The lowest BCUT2D eigenvalue weighted by atomic mass is 10.2. The van der Waals surface area contributed by atoms with Crippen molar-refractivity contribution < 1.29 is 9.47 Å². The van der Waals surface area contributed by atoms with Crippen molar-refractivity contribution >= 4 is 0 Å². The second kappa shape index (κ2) is 1.94. The topological polar surface area (TPSA) is 21.8 Å². The third kappa shape index (κ3) is 0.662. The van der Waals surface area contributed by atoms with Crippen LogP contribution in [0, 0.1) is 0 Å². The molecule has 0 aromatic rings. The first-order chi connectivity index (χ1) is 4.86. The summed E-state index contributed by atoms with van der Waals surface area (Å²) in [6, 6.07) is 0. The summed E-state index contributed by atoms with van der Waals surface area (Å²) in [6.07, 6.45) is 4.28. The van der Waals surface area contributed by atoms with Gasteiger partial charge in [-0.25, -0.2) is 0 Å². The van der Waals surface area contributed by atoms with Gasteiger partial charge < -0.3 is 9.47 Å². The van der Waals surface area contributed by atoms with Gasteiger partial charge in [0.1, 0.15) is 24.4 Å². The highest BCUT2D eigenvalue weighted by molar-refractivity contribution is 5.12. The first kappa shape index (κ1) is 6.13. The van der Waals surface area contributed by atoms with Gasteiger partial charge in [-0.1, -0.05) is 12.2 Å². The van der Waals surface area contributed by atoms with Crippen molar-refractivity contribution in [2.24, 2.45) is 0 Å². The summed E-state index contributed by atoms with van der Waals surface area (Å²) in [7, 11) is 0. The predicted molar refractivity (Wildman–Crippen MR) is 37.7 cm³/mol. The normalized spacial score (nSPS) is 50.0. The molecule has 2 saturated heterocycles. The maximum Gasteiger partial charge on any atom is 0.117 e. The van der Waals surface area contributed by atoms with E-state index in [1.165, 1.54) is 0 Å². The lowest BCUT2D eigenvalue weighted by molar-refractivity contribution is 0.0177. The Hall–Kier alpha value is -0.600. The zero-order valence-corrected chi connectivity index (χ0v) is 5.69. The number of hydrogen-bond donors (Lipinski definition) is 0. The van der Waals surface area contributed by atoms with Crippen molar-refractivity contribution in [2.45, 2.75) is 24.4 Å². The van der Waals surface area contributed by atoms with Crippen LogP contribution in [0.3, 0.4) is 0 Å². The summed E-state index contributed by atoms with van der Waals surface area (Å²) in [5.41, 5.74) is 0. The Morgan fingerprint density at radius 2 is 1.40 bits per heavy atom. The smallest absolute Gasteiger partial charge is 0.117 e. The van der Waals surface area contributed by atoms with Gasteiger partial charge in [-0.15, -0.1) is 13.2 Å². The summed E-state index contributed by atoms with van der Waals surface area (Å²) in [6.45, 7) is 7.30. The lowest BCUT2D eigenvalue weighted by Crippen LogP contribution is -2.15. The zero-order chi connectivity index (χ0) is 7.14. The van der Waals surface area contributed by atoms with Gasteiger partial charge >= 0.3 is 0 Å². The Labute approximate surface area is 60.1 Å². The molecule has 0 aliphatic carbocycles. The number of ether oxygens (including phenoxy) is 2. The average Bonchev–Trinajstić information content (AvgIpc) is 2.67. The molecule has 0 amide bonds. The van der Waals surface area contributed by atoms with Gasteiger partial charge in [-0.3, -0.25) is 0 Å². The maximum atomic E-state index is 5.46. The maximum absolute atomic E-state index is 5.46. The van der Waals surface area contributed by atoms with Crippen molar-refractivity contribution in [1.82, 2.24) is 0 Å². The van der Waals surface area contributed by atoms with Crippen LogP contribution in [0.4, 0.5) is 0 Å². The predicted octanol–water partition coefficient (Wildman–Crippen LogP) is 0.893. The molecule has 0 saturated carbocycles. The highest BCUT2D eigenvalue weighted by Crippen LogP contribution is 2.39. The van der Waals surface area contributed by atoms with Gasteiger partial charge in [0, 0.05) is 0 Å². The third-order valence-corrected chi connectivity index (χ3v) is 1.99. The lowest BCUT2D eigenvalue weighted by Gasteiger charge is -2.09. The molecule has 0 bridgehead atoms. The van der Waals surface area contributed by atoms with Gasteiger partial charge in [-0.2, -0.15) is 0 Å². The van der Waals surface area contributed by atoms with Gasteiger partial charge in [0.05, 0.1) is 0 Å². The van der Waals surface area contributed by atoms with E-state index in [9.17, 15) is 0 Å². The summed E-state index contributed by atoms with van der Waals surface area (Å²) in [5, 5.41) is 0. The van der Waals surface area contributed by atoms with E-state index in [-0.39, 0.29) is 24.4 Å². The number of fused-ring (bicyclic) bond motifs is 1. The van der Waals surface area contributed by atoms with Crippen molar-refractivity contribution in [1.29, 1.82) is 0 Å². The number of epoxide rings is 1. The molecule has 54 valence electrons. The Morgan fingerprint density at radius 1 is 0.900 bits per heavy atom. The molecule has 0 aromatic heterocycles. The van der Waals surface area contributed by atoms with Crippen molar-refractivity contribution in [3.63, 3.8) is 0 Å². The van der Waals surface area contributed by atoms with Gasteiger partial charge in [0.2, 0.25) is 0 Å². The van der Waals surface area contributed by atoms with Crippen LogP contribution in [0.1, 0.15) is 0 Å². The molecular formula is C8H10O2. The van der Waals surface area contributed by atoms with Crippen molar-refractivity contribution in [3.8, 4) is 0 Å². The molecule has 2 heterocycles. The quantitative estimate of drug-likeness (QED) is 0.417. The monoisotopic (exact) mass is 138 g/mol. The first-order valence-corrected chi connectivity index (χ1v) is 3.43. The molecule has 2 aliphatic heterocycles. The SMILES string of the molecule is C=C[C@@H]1O[C@H](C=C)[C@H]2O[C@H]21. The van der Waals surface area contributed by atoms with E-state index in [2.05, 4.69) is 13.2 Å². The summed E-state index contributed by atoms with van der Waals surface area (Å²) >= 11 is 0. The fourth-order valence-electron chi connectivity index (χ4n) is 1.38.